The predicted octanol–water partition coefficient (Wildman–Crippen LogP) is 4.53. The van der Waals surface area contributed by atoms with Crippen molar-refractivity contribution in [3.63, 3.8) is 0 Å². The third-order valence-corrected chi connectivity index (χ3v) is 4.33. The molecule has 1 fully saturated rings. The van der Waals surface area contributed by atoms with Gasteiger partial charge in [0, 0.05) is 12.6 Å². The molecule has 0 unspecified atom stereocenters. The highest BCUT2D eigenvalue weighted by molar-refractivity contribution is 5.27. The average Bonchev–Trinajstić information content (AvgIpc) is 2.45. The average molecular weight is 275 g/mol. The van der Waals surface area contributed by atoms with Crippen LogP contribution in [0.1, 0.15) is 58.4 Å². The van der Waals surface area contributed by atoms with Gasteiger partial charge in [-0.1, -0.05) is 32.9 Å². The molecule has 0 radical (unpaired) electrons. The highest BCUT2D eigenvalue weighted by Crippen LogP contribution is 2.35. The smallest absolute Gasteiger partial charge is 0.119 e. The second kappa shape index (κ2) is 7.12. The lowest BCUT2D eigenvalue weighted by atomic mass is 9.75. The molecule has 0 saturated heterocycles. The second-order valence-electron chi connectivity index (χ2n) is 6.81. The molecule has 1 aromatic rings. The Labute approximate surface area is 123 Å². The Kier molecular flexibility index (Phi) is 5.47. The standard InChI is InChI=1S/C18H29NO/c1-4-13-20-17-7-5-15(6-8-17)14-19-16-9-11-18(2,3)12-10-16/h5-8,16,19H,4,9-14H2,1-3H3. The van der Waals surface area contributed by atoms with Gasteiger partial charge in [-0.25, -0.2) is 0 Å². The minimum Gasteiger partial charge on any atom is -0.494 e. The zero-order valence-electron chi connectivity index (χ0n) is 13.2. The van der Waals surface area contributed by atoms with E-state index >= 15 is 0 Å². The van der Waals surface area contributed by atoms with E-state index in [1.165, 1.54) is 31.2 Å². The van der Waals surface area contributed by atoms with Crippen molar-refractivity contribution in [1.82, 2.24) is 5.32 Å². The molecule has 1 aromatic carbocycles. The van der Waals surface area contributed by atoms with Gasteiger partial charge in [-0.15, -0.1) is 0 Å². The number of hydrogen-bond donors (Lipinski definition) is 1. The first-order valence-corrected chi connectivity index (χ1v) is 8.04. The van der Waals surface area contributed by atoms with Gasteiger partial charge in [0.25, 0.3) is 0 Å². The summed E-state index contributed by atoms with van der Waals surface area (Å²) >= 11 is 0. The highest BCUT2D eigenvalue weighted by atomic mass is 16.5. The van der Waals surface area contributed by atoms with Crippen LogP contribution in [0.2, 0.25) is 0 Å². The Morgan fingerprint density at radius 3 is 2.40 bits per heavy atom. The Morgan fingerprint density at radius 2 is 1.80 bits per heavy atom. The van der Waals surface area contributed by atoms with Crippen LogP contribution < -0.4 is 10.1 Å². The van der Waals surface area contributed by atoms with Crippen LogP contribution in [0.25, 0.3) is 0 Å². The van der Waals surface area contributed by atoms with E-state index in [9.17, 15) is 0 Å². The van der Waals surface area contributed by atoms with E-state index < -0.39 is 0 Å². The first-order chi connectivity index (χ1) is 9.59. The highest BCUT2D eigenvalue weighted by Gasteiger charge is 2.26. The van der Waals surface area contributed by atoms with Crippen LogP contribution >= 0.6 is 0 Å². The van der Waals surface area contributed by atoms with Crippen LogP contribution in [0.3, 0.4) is 0 Å². The van der Waals surface area contributed by atoms with Crippen LogP contribution in [-0.2, 0) is 6.54 Å². The van der Waals surface area contributed by atoms with E-state index in [1.807, 2.05) is 0 Å². The Hall–Kier alpha value is -1.02. The molecule has 1 aliphatic rings. The molecule has 2 rings (SSSR count). The summed E-state index contributed by atoms with van der Waals surface area (Å²) in [6, 6.07) is 9.20. The molecule has 1 aliphatic carbocycles. The summed E-state index contributed by atoms with van der Waals surface area (Å²) in [6.07, 6.45) is 6.36. The fourth-order valence-corrected chi connectivity index (χ4v) is 2.79. The minimum atomic E-state index is 0.552. The van der Waals surface area contributed by atoms with E-state index in [0.29, 0.717) is 11.5 Å². The van der Waals surface area contributed by atoms with Crippen LogP contribution in [0.4, 0.5) is 0 Å². The molecule has 0 aromatic heterocycles. The molecule has 1 saturated carbocycles. The summed E-state index contributed by atoms with van der Waals surface area (Å²) < 4.78 is 5.61. The van der Waals surface area contributed by atoms with E-state index in [0.717, 1.165) is 25.3 Å². The van der Waals surface area contributed by atoms with Gasteiger partial charge in [0.1, 0.15) is 5.75 Å². The summed E-state index contributed by atoms with van der Waals surface area (Å²) in [5, 5.41) is 3.70. The molecule has 0 spiro atoms. The van der Waals surface area contributed by atoms with Crippen molar-refractivity contribution >= 4 is 0 Å². The predicted molar refractivity (Wildman–Crippen MR) is 85.1 cm³/mol. The largest absolute Gasteiger partial charge is 0.494 e. The maximum atomic E-state index is 5.61. The zero-order valence-corrected chi connectivity index (χ0v) is 13.2. The molecule has 0 aliphatic heterocycles. The third-order valence-electron chi connectivity index (χ3n) is 4.33. The van der Waals surface area contributed by atoms with Crippen molar-refractivity contribution in [2.75, 3.05) is 6.61 Å². The Bertz CT molecular complexity index is 386. The number of benzene rings is 1. The monoisotopic (exact) mass is 275 g/mol. The fourth-order valence-electron chi connectivity index (χ4n) is 2.79. The number of ether oxygens (including phenoxy) is 1. The van der Waals surface area contributed by atoms with Crippen molar-refractivity contribution in [2.45, 2.75) is 65.5 Å². The van der Waals surface area contributed by atoms with Gasteiger partial charge in [0.15, 0.2) is 0 Å². The van der Waals surface area contributed by atoms with Gasteiger partial charge in [0.05, 0.1) is 6.61 Å². The summed E-state index contributed by atoms with van der Waals surface area (Å²) in [4.78, 5) is 0. The van der Waals surface area contributed by atoms with Gasteiger partial charge in [0.2, 0.25) is 0 Å². The molecular weight excluding hydrogens is 246 g/mol. The molecule has 0 bridgehead atoms. The molecule has 2 nitrogen and oxygen atoms in total. The molecule has 20 heavy (non-hydrogen) atoms. The van der Waals surface area contributed by atoms with Gasteiger partial charge in [-0.05, 0) is 55.2 Å². The minimum absolute atomic E-state index is 0.552. The van der Waals surface area contributed by atoms with Crippen molar-refractivity contribution in [1.29, 1.82) is 0 Å². The molecular formula is C18H29NO. The molecule has 112 valence electrons. The Morgan fingerprint density at radius 1 is 1.15 bits per heavy atom. The van der Waals surface area contributed by atoms with E-state index in [2.05, 4.69) is 50.4 Å². The molecule has 1 N–H and O–H groups in total. The second-order valence-corrected chi connectivity index (χ2v) is 6.81. The Balaban J connectivity index is 1.74. The number of nitrogens with one attached hydrogen (secondary N) is 1. The number of rotatable bonds is 6. The maximum absolute atomic E-state index is 5.61. The van der Waals surface area contributed by atoms with Crippen molar-refractivity contribution < 1.29 is 4.74 Å². The van der Waals surface area contributed by atoms with Crippen molar-refractivity contribution in [2.24, 2.45) is 5.41 Å². The molecule has 0 heterocycles. The van der Waals surface area contributed by atoms with Crippen molar-refractivity contribution in [3.8, 4) is 5.75 Å². The summed E-state index contributed by atoms with van der Waals surface area (Å²) in [5.74, 6) is 0.981. The van der Waals surface area contributed by atoms with E-state index in [-0.39, 0.29) is 0 Å². The number of hydrogen-bond acceptors (Lipinski definition) is 2. The lowest BCUT2D eigenvalue weighted by molar-refractivity contribution is 0.206. The van der Waals surface area contributed by atoms with Gasteiger partial charge < -0.3 is 10.1 Å². The first-order valence-electron chi connectivity index (χ1n) is 8.04. The summed E-state index contributed by atoms with van der Waals surface area (Å²) in [5.41, 5.74) is 1.90. The van der Waals surface area contributed by atoms with Gasteiger partial charge >= 0.3 is 0 Å². The maximum Gasteiger partial charge on any atom is 0.119 e. The van der Waals surface area contributed by atoms with E-state index in [4.69, 9.17) is 4.74 Å². The lowest BCUT2D eigenvalue weighted by Crippen LogP contribution is -2.35. The van der Waals surface area contributed by atoms with Crippen LogP contribution in [0, 0.1) is 5.41 Å². The third kappa shape index (κ3) is 4.82. The van der Waals surface area contributed by atoms with Crippen LogP contribution in [0.15, 0.2) is 24.3 Å². The van der Waals surface area contributed by atoms with E-state index in [1.54, 1.807) is 0 Å². The molecule has 2 heteroatoms. The molecule has 0 amide bonds. The molecule has 0 atom stereocenters. The zero-order chi connectivity index (χ0) is 14.4. The quantitative estimate of drug-likeness (QED) is 0.823. The van der Waals surface area contributed by atoms with Crippen LogP contribution in [0.5, 0.6) is 5.75 Å². The van der Waals surface area contributed by atoms with Gasteiger partial charge in [-0.3, -0.25) is 0 Å². The SMILES string of the molecule is CCCOc1ccc(CNC2CCC(C)(C)CC2)cc1. The fraction of sp³-hybridized carbons (Fsp3) is 0.667. The normalized spacial score (nSPS) is 18.9. The first kappa shape index (κ1) is 15.4. The lowest BCUT2D eigenvalue weighted by Gasteiger charge is -2.34. The summed E-state index contributed by atoms with van der Waals surface area (Å²) in [6.45, 7) is 8.68. The van der Waals surface area contributed by atoms with Crippen molar-refractivity contribution in [3.05, 3.63) is 29.8 Å². The van der Waals surface area contributed by atoms with Gasteiger partial charge in [-0.2, -0.15) is 0 Å². The summed E-state index contributed by atoms with van der Waals surface area (Å²) in [7, 11) is 0. The van der Waals surface area contributed by atoms with Crippen LogP contribution in [-0.4, -0.2) is 12.6 Å². The topological polar surface area (TPSA) is 21.3 Å².